The van der Waals surface area contributed by atoms with Crippen molar-refractivity contribution in [2.24, 2.45) is 0 Å². The zero-order valence-electron chi connectivity index (χ0n) is 12.6. The smallest absolute Gasteiger partial charge is 0.336 e. The van der Waals surface area contributed by atoms with Crippen LogP contribution in [0.2, 0.25) is 0 Å². The van der Waals surface area contributed by atoms with Crippen molar-refractivity contribution < 1.29 is 13.9 Å². The Kier molecular flexibility index (Phi) is 5.90. The lowest BCUT2D eigenvalue weighted by atomic mass is 10.0. The van der Waals surface area contributed by atoms with E-state index in [2.05, 4.69) is 0 Å². The third-order valence-corrected chi connectivity index (χ3v) is 3.32. The number of benzene rings is 2. The molecule has 0 atom stereocenters. The molecule has 0 aromatic heterocycles. The molecule has 0 saturated carbocycles. The van der Waals surface area contributed by atoms with Crippen molar-refractivity contribution in [1.29, 1.82) is 0 Å². The fraction of sp³-hybridized carbons (Fsp3) is 0.211. The molecule has 0 unspecified atom stereocenters. The lowest BCUT2D eigenvalue weighted by Gasteiger charge is -2.09. The minimum absolute atomic E-state index is 0.0944. The second-order valence-electron chi connectivity index (χ2n) is 4.86. The third-order valence-electron chi connectivity index (χ3n) is 3.32. The number of ether oxygens (including phenoxy) is 1. The van der Waals surface area contributed by atoms with Gasteiger partial charge in [-0.25, -0.2) is 9.18 Å². The lowest BCUT2D eigenvalue weighted by Crippen LogP contribution is -2.10. The minimum Gasteiger partial charge on any atom is -0.463 e. The van der Waals surface area contributed by atoms with E-state index in [0.717, 1.165) is 5.56 Å². The van der Waals surface area contributed by atoms with Gasteiger partial charge >= 0.3 is 5.97 Å². The van der Waals surface area contributed by atoms with Gasteiger partial charge in [-0.1, -0.05) is 60.7 Å². The molecule has 0 N–H and O–H groups in total. The van der Waals surface area contributed by atoms with E-state index in [9.17, 15) is 9.18 Å². The van der Waals surface area contributed by atoms with Crippen LogP contribution in [0.5, 0.6) is 0 Å². The molecular formula is C19H19FO2. The molecule has 0 radical (unpaired) electrons. The summed E-state index contributed by atoms with van der Waals surface area (Å²) in [5, 5.41) is 0. The Balaban J connectivity index is 2.24. The standard InChI is InChI=1S/C19H19FO2/c1-2-22-19(21)17(14-13-15-9-5-3-6-10-15)18(20)16-11-7-4-8-12-16/h3-12H,2,13-14H2,1H3/b18-17+. The molecule has 2 rings (SSSR count). The van der Waals surface area contributed by atoms with E-state index >= 15 is 0 Å². The van der Waals surface area contributed by atoms with Gasteiger partial charge in [0.2, 0.25) is 0 Å². The van der Waals surface area contributed by atoms with Crippen molar-refractivity contribution in [3.8, 4) is 0 Å². The first-order valence-corrected chi connectivity index (χ1v) is 7.37. The Bertz CT molecular complexity index is 633. The molecule has 2 nitrogen and oxygen atoms in total. The average Bonchev–Trinajstić information content (AvgIpc) is 2.57. The highest BCUT2D eigenvalue weighted by Crippen LogP contribution is 2.24. The molecule has 0 aliphatic rings. The summed E-state index contributed by atoms with van der Waals surface area (Å²) in [4.78, 5) is 12.1. The fourth-order valence-electron chi connectivity index (χ4n) is 2.19. The molecule has 22 heavy (non-hydrogen) atoms. The molecule has 0 aliphatic carbocycles. The van der Waals surface area contributed by atoms with Gasteiger partial charge in [-0.2, -0.15) is 0 Å². The second kappa shape index (κ2) is 8.13. The van der Waals surface area contributed by atoms with E-state index in [-0.39, 0.29) is 12.2 Å². The van der Waals surface area contributed by atoms with Gasteiger partial charge in [-0.3, -0.25) is 0 Å². The van der Waals surface area contributed by atoms with Crippen molar-refractivity contribution >= 4 is 11.8 Å². The largest absolute Gasteiger partial charge is 0.463 e. The molecule has 0 saturated heterocycles. The van der Waals surface area contributed by atoms with Crippen LogP contribution >= 0.6 is 0 Å². The van der Waals surface area contributed by atoms with E-state index in [4.69, 9.17) is 4.74 Å². The fourth-order valence-corrected chi connectivity index (χ4v) is 2.19. The Labute approximate surface area is 130 Å². The summed E-state index contributed by atoms with van der Waals surface area (Å²) in [5.74, 6) is -1.09. The molecule has 3 heteroatoms. The van der Waals surface area contributed by atoms with Crippen LogP contribution in [0.3, 0.4) is 0 Å². The van der Waals surface area contributed by atoms with Gasteiger partial charge in [-0.05, 0) is 25.3 Å². The first-order chi connectivity index (χ1) is 10.7. The summed E-state index contributed by atoms with van der Waals surface area (Å²) in [5.41, 5.74) is 1.56. The highest BCUT2D eigenvalue weighted by atomic mass is 19.1. The Morgan fingerprint density at radius 2 is 1.59 bits per heavy atom. The molecule has 0 bridgehead atoms. The number of carbonyl (C=O) groups is 1. The van der Waals surface area contributed by atoms with Crippen molar-refractivity contribution in [1.82, 2.24) is 0 Å². The van der Waals surface area contributed by atoms with E-state index < -0.39 is 11.8 Å². The normalized spacial score (nSPS) is 11.7. The number of carbonyl (C=O) groups excluding carboxylic acids is 1. The molecule has 0 aliphatic heterocycles. The molecule has 0 fully saturated rings. The van der Waals surface area contributed by atoms with Crippen LogP contribution in [-0.2, 0) is 16.0 Å². The Morgan fingerprint density at radius 3 is 2.18 bits per heavy atom. The van der Waals surface area contributed by atoms with Gasteiger partial charge in [0.15, 0.2) is 0 Å². The molecule has 2 aromatic rings. The maximum absolute atomic E-state index is 14.7. The molecule has 0 spiro atoms. The first kappa shape index (κ1) is 16.0. The predicted molar refractivity (Wildman–Crippen MR) is 85.9 cm³/mol. The minimum atomic E-state index is -0.584. The molecule has 114 valence electrons. The van der Waals surface area contributed by atoms with Gasteiger partial charge < -0.3 is 4.74 Å². The summed E-state index contributed by atoms with van der Waals surface area (Å²) >= 11 is 0. The molecule has 2 aromatic carbocycles. The zero-order chi connectivity index (χ0) is 15.8. The topological polar surface area (TPSA) is 26.3 Å². The highest BCUT2D eigenvalue weighted by molar-refractivity contribution is 5.96. The highest BCUT2D eigenvalue weighted by Gasteiger charge is 2.18. The Hall–Kier alpha value is -2.42. The number of aryl methyl sites for hydroxylation is 1. The third kappa shape index (κ3) is 4.29. The van der Waals surface area contributed by atoms with Crippen LogP contribution in [0, 0.1) is 0 Å². The number of rotatable bonds is 6. The average molecular weight is 298 g/mol. The zero-order valence-corrected chi connectivity index (χ0v) is 12.6. The number of halogens is 1. The summed E-state index contributed by atoms with van der Waals surface area (Å²) in [6.45, 7) is 1.95. The lowest BCUT2D eigenvalue weighted by molar-refractivity contribution is -0.138. The number of hydrogen-bond acceptors (Lipinski definition) is 2. The van der Waals surface area contributed by atoms with Crippen molar-refractivity contribution in [2.75, 3.05) is 6.61 Å². The SMILES string of the molecule is CCOC(=O)/C(CCc1ccccc1)=C(/F)c1ccccc1. The van der Waals surface area contributed by atoms with Gasteiger partial charge in [0.1, 0.15) is 5.83 Å². The van der Waals surface area contributed by atoms with E-state index in [1.807, 2.05) is 36.4 Å². The molecule has 0 heterocycles. The van der Waals surface area contributed by atoms with Crippen LogP contribution in [0.1, 0.15) is 24.5 Å². The summed E-state index contributed by atoms with van der Waals surface area (Å²) in [6, 6.07) is 18.3. The van der Waals surface area contributed by atoms with Crippen molar-refractivity contribution in [3.63, 3.8) is 0 Å². The number of hydrogen-bond donors (Lipinski definition) is 0. The van der Waals surface area contributed by atoms with Gasteiger partial charge in [0, 0.05) is 5.56 Å². The molecule has 0 amide bonds. The Morgan fingerprint density at radius 1 is 1.00 bits per heavy atom. The second-order valence-corrected chi connectivity index (χ2v) is 4.86. The van der Waals surface area contributed by atoms with Crippen LogP contribution in [0.25, 0.3) is 5.83 Å². The van der Waals surface area contributed by atoms with E-state index in [1.54, 1.807) is 31.2 Å². The van der Waals surface area contributed by atoms with Crippen LogP contribution in [0.4, 0.5) is 4.39 Å². The van der Waals surface area contributed by atoms with Gasteiger partial charge in [0.25, 0.3) is 0 Å². The predicted octanol–water partition coefficient (Wildman–Crippen LogP) is 4.56. The summed E-state index contributed by atoms with van der Waals surface area (Å²) in [6.07, 6.45) is 0.902. The van der Waals surface area contributed by atoms with Crippen molar-refractivity contribution in [2.45, 2.75) is 19.8 Å². The maximum atomic E-state index is 14.7. The quantitative estimate of drug-likeness (QED) is 0.577. The summed E-state index contributed by atoms with van der Waals surface area (Å²) in [7, 11) is 0. The molecular weight excluding hydrogens is 279 g/mol. The van der Waals surface area contributed by atoms with E-state index in [1.165, 1.54) is 0 Å². The monoisotopic (exact) mass is 298 g/mol. The summed E-state index contributed by atoms with van der Waals surface area (Å²) < 4.78 is 19.7. The number of esters is 1. The van der Waals surface area contributed by atoms with Crippen molar-refractivity contribution in [3.05, 3.63) is 77.4 Å². The maximum Gasteiger partial charge on any atom is 0.336 e. The van der Waals surface area contributed by atoms with Crippen LogP contribution in [-0.4, -0.2) is 12.6 Å². The first-order valence-electron chi connectivity index (χ1n) is 7.37. The van der Waals surface area contributed by atoms with Gasteiger partial charge in [0.05, 0.1) is 12.2 Å². The van der Waals surface area contributed by atoms with Crippen LogP contribution < -0.4 is 0 Å². The van der Waals surface area contributed by atoms with Gasteiger partial charge in [-0.15, -0.1) is 0 Å². The van der Waals surface area contributed by atoms with Crippen LogP contribution in [0.15, 0.2) is 66.2 Å². The van der Waals surface area contributed by atoms with E-state index in [0.29, 0.717) is 18.4 Å².